The van der Waals surface area contributed by atoms with E-state index in [1.165, 1.54) is 16.9 Å². The van der Waals surface area contributed by atoms with Crippen LogP contribution in [-0.2, 0) is 21.4 Å². The van der Waals surface area contributed by atoms with Crippen molar-refractivity contribution in [2.75, 3.05) is 13.1 Å². The molecule has 1 unspecified atom stereocenters. The number of nitrogens with one attached hydrogen (secondary N) is 2. The van der Waals surface area contributed by atoms with Gasteiger partial charge < -0.3 is 37.2 Å². The zero-order valence-electron chi connectivity index (χ0n) is 21.4. The SMILES string of the molecule is NC1=N[C@H]2[C@H](CN3C(=O)CCC3=O)N=C(N)N3CC(NC(=O)c4cccc5c4CCC54CCC4)C(O)(O)[C@]23N1. The van der Waals surface area contributed by atoms with Crippen molar-refractivity contribution in [3.8, 4) is 0 Å². The topological polar surface area (TPSA) is 199 Å². The van der Waals surface area contributed by atoms with Crippen LogP contribution in [0.1, 0.15) is 60.0 Å². The van der Waals surface area contributed by atoms with Gasteiger partial charge >= 0.3 is 0 Å². The van der Waals surface area contributed by atoms with Crippen LogP contribution in [0.3, 0.4) is 0 Å². The molecule has 7 rings (SSSR count). The van der Waals surface area contributed by atoms with Crippen LogP contribution < -0.4 is 22.1 Å². The Morgan fingerprint density at radius 3 is 2.54 bits per heavy atom. The van der Waals surface area contributed by atoms with Crippen LogP contribution in [-0.4, -0.2) is 92.3 Å². The van der Waals surface area contributed by atoms with Gasteiger partial charge in [0.25, 0.3) is 5.91 Å². The molecule has 2 spiro atoms. The van der Waals surface area contributed by atoms with Crippen LogP contribution in [0, 0.1) is 0 Å². The van der Waals surface area contributed by atoms with E-state index in [0.29, 0.717) is 5.56 Å². The minimum Gasteiger partial charge on any atom is -0.370 e. The van der Waals surface area contributed by atoms with E-state index in [0.717, 1.165) is 36.1 Å². The molecule has 13 nitrogen and oxygen atoms in total. The van der Waals surface area contributed by atoms with Gasteiger partial charge in [-0.2, -0.15) is 0 Å². The number of hydrogen-bond acceptors (Lipinski definition) is 11. The van der Waals surface area contributed by atoms with Crippen LogP contribution in [0.4, 0.5) is 0 Å². The van der Waals surface area contributed by atoms with Crippen molar-refractivity contribution in [1.82, 2.24) is 20.4 Å². The first-order valence-electron chi connectivity index (χ1n) is 13.5. The second kappa shape index (κ2) is 7.92. The highest BCUT2D eigenvalue weighted by Gasteiger charge is 2.73. The molecule has 2 aliphatic carbocycles. The lowest BCUT2D eigenvalue weighted by Gasteiger charge is -2.49. The lowest BCUT2D eigenvalue weighted by Crippen LogP contribution is -2.78. The average Bonchev–Trinajstić information content (AvgIpc) is 3.58. The monoisotopic (exact) mass is 536 g/mol. The summed E-state index contributed by atoms with van der Waals surface area (Å²) < 4.78 is 0. The summed E-state index contributed by atoms with van der Waals surface area (Å²) in [6.45, 7) is -0.199. The van der Waals surface area contributed by atoms with Gasteiger partial charge in [-0.05, 0) is 48.3 Å². The Bertz CT molecular complexity index is 1350. The molecule has 3 fully saturated rings. The van der Waals surface area contributed by atoms with E-state index < -0.39 is 35.5 Å². The molecular formula is C26H32N8O5. The fraction of sp³-hybridized carbons (Fsp3) is 0.577. The van der Waals surface area contributed by atoms with Gasteiger partial charge in [-0.1, -0.05) is 18.6 Å². The number of nitrogens with zero attached hydrogens (tertiary/aromatic N) is 4. The van der Waals surface area contributed by atoms with E-state index in [2.05, 4.69) is 26.7 Å². The van der Waals surface area contributed by atoms with Gasteiger partial charge in [0.2, 0.25) is 17.6 Å². The molecule has 3 amide bonds. The molecule has 206 valence electrons. The van der Waals surface area contributed by atoms with Gasteiger partial charge in [0.05, 0.1) is 12.6 Å². The summed E-state index contributed by atoms with van der Waals surface area (Å²) in [4.78, 5) is 49.6. The zero-order chi connectivity index (χ0) is 27.3. The van der Waals surface area contributed by atoms with E-state index in [1.807, 2.05) is 6.07 Å². The number of guanidine groups is 2. The summed E-state index contributed by atoms with van der Waals surface area (Å²) in [6, 6.07) is 2.72. The van der Waals surface area contributed by atoms with Crippen LogP contribution >= 0.6 is 0 Å². The fourth-order valence-electron chi connectivity index (χ4n) is 7.67. The van der Waals surface area contributed by atoms with E-state index in [1.54, 1.807) is 6.07 Å². The maximum absolute atomic E-state index is 13.6. The van der Waals surface area contributed by atoms with Gasteiger partial charge in [0, 0.05) is 24.9 Å². The predicted molar refractivity (Wildman–Crippen MR) is 138 cm³/mol. The van der Waals surface area contributed by atoms with E-state index in [9.17, 15) is 24.6 Å². The Hall–Kier alpha value is -3.71. The number of likely N-dealkylation sites (tertiary alicyclic amines) is 1. The number of aliphatic hydroxyl groups is 2. The Kier molecular flexibility index (Phi) is 4.94. The van der Waals surface area contributed by atoms with Gasteiger partial charge in [0.15, 0.2) is 17.6 Å². The minimum absolute atomic E-state index is 0.0375. The maximum Gasteiger partial charge on any atom is 0.252 e. The summed E-state index contributed by atoms with van der Waals surface area (Å²) >= 11 is 0. The van der Waals surface area contributed by atoms with E-state index in [-0.39, 0.29) is 55.1 Å². The van der Waals surface area contributed by atoms with Gasteiger partial charge in [-0.25, -0.2) is 9.98 Å². The van der Waals surface area contributed by atoms with E-state index >= 15 is 0 Å². The third kappa shape index (κ3) is 3.11. The summed E-state index contributed by atoms with van der Waals surface area (Å²) in [5.41, 5.74) is 13.6. The smallest absolute Gasteiger partial charge is 0.252 e. The average molecular weight is 537 g/mol. The zero-order valence-corrected chi connectivity index (χ0v) is 21.4. The lowest BCUT2D eigenvalue weighted by atomic mass is 9.65. The number of amides is 3. The predicted octanol–water partition coefficient (Wildman–Crippen LogP) is -2.02. The molecule has 4 atom stereocenters. The molecule has 13 heteroatoms. The Labute approximate surface area is 224 Å². The molecule has 0 bridgehead atoms. The van der Waals surface area contributed by atoms with Crippen molar-refractivity contribution >= 4 is 29.6 Å². The third-order valence-electron chi connectivity index (χ3n) is 9.79. The summed E-state index contributed by atoms with van der Waals surface area (Å²) in [5, 5.41) is 29.1. The second-order valence-corrected chi connectivity index (χ2v) is 11.6. The summed E-state index contributed by atoms with van der Waals surface area (Å²) in [6.07, 6.45) is 5.50. The highest BCUT2D eigenvalue weighted by atomic mass is 16.5. The number of carbonyl (C=O) groups excluding carboxylic acids is 3. The fourth-order valence-corrected chi connectivity index (χ4v) is 7.67. The molecular weight excluding hydrogens is 504 g/mol. The normalized spacial score (nSPS) is 33.2. The Morgan fingerprint density at radius 1 is 1.10 bits per heavy atom. The number of nitrogens with two attached hydrogens (primary N) is 2. The van der Waals surface area contributed by atoms with Crippen LogP contribution in [0.25, 0.3) is 0 Å². The van der Waals surface area contributed by atoms with Gasteiger partial charge in [-0.15, -0.1) is 0 Å². The molecule has 1 aromatic rings. The molecule has 39 heavy (non-hydrogen) atoms. The molecule has 4 heterocycles. The molecule has 6 aliphatic rings. The first kappa shape index (κ1) is 24.3. The largest absolute Gasteiger partial charge is 0.370 e. The van der Waals surface area contributed by atoms with Gasteiger partial charge in [-0.3, -0.25) is 19.3 Å². The van der Waals surface area contributed by atoms with Gasteiger partial charge in [0.1, 0.15) is 12.1 Å². The number of benzene rings is 1. The molecule has 0 radical (unpaired) electrons. The number of fused-ring (bicyclic) bond motifs is 2. The quantitative estimate of drug-likeness (QED) is 0.186. The molecule has 1 aromatic carbocycles. The Morgan fingerprint density at radius 2 is 1.85 bits per heavy atom. The molecule has 8 N–H and O–H groups in total. The van der Waals surface area contributed by atoms with Crippen molar-refractivity contribution in [3.63, 3.8) is 0 Å². The maximum atomic E-state index is 13.6. The van der Waals surface area contributed by atoms with E-state index in [4.69, 9.17) is 11.5 Å². The number of rotatable bonds is 4. The lowest BCUT2D eigenvalue weighted by molar-refractivity contribution is -0.230. The number of hydrogen-bond donors (Lipinski definition) is 6. The van der Waals surface area contributed by atoms with Crippen LogP contribution in [0.2, 0.25) is 0 Å². The molecule has 0 aromatic heterocycles. The molecule has 2 saturated heterocycles. The van der Waals surface area contributed by atoms with Crippen molar-refractivity contribution in [2.45, 2.75) is 79.9 Å². The molecule has 1 saturated carbocycles. The van der Waals surface area contributed by atoms with Crippen molar-refractivity contribution < 1.29 is 24.6 Å². The summed E-state index contributed by atoms with van der Waals surface area (Å²) in [5.74, 6) is -3.76. The minimum atomic E-state index is -2.59. The van der Waals surface area contributed by atoms with Crippen molar-refractivity contribution in [1.29, 1.82) is 0 Å². The number of aliphatic imine (C=N–C) groups is 2. The number of imide groups is 1. The van der Waals surface area contributed by atoms with Crippen molar-refractivity contribution in [3.05, 3.63) is 34.9 Å². The molecule has 4 aliphatic heterocycles. The first-order valence-corrected chi connectivity index (χ1v) is 13.5. The summed E-state index contributed by atoms with van der Waals surface area (Å²) in [7, 11) is 0. The van der Waals surface area contributed by atoms with Crippen LogP contribution in [0.5, 0.6) is 0 Å². The third-order valence-corrected chi connectivity index (χ3v) is 9.79. The highest BCUT2D eigenvalue weighted by molar-refractivity contribution is 6.02. The van der Waals surface area contributed by atoms with Crippen LogP contribution in [0.15, 0.2) is 28.2 Å². The second-order valence-electron chi connectivity index (χ2n) is 11.6. The van der Waals surface area contributed by atoms with Crippen molar-refractivity contribution in [2.24, 2.45) is 21.5 Å². The number of carbonyl (C=O) groups is 3. The Balaban J connectivity index is 1.19. The standard InChI is InChI=1S/C26H32N8O5/c27-22-31-20-16(11-33-18(35)5-6-19(33)36)29-23(28)34-12-17(26(38,39)25(20,34)32-22)30-21(37)14-3-1-4-15-13(14)7-10-24(15)8-2-9-24/h1,3-4,16-17,20,38-39H,2,5-12H2,(H2,28,29)(H,30,37)(H3,27,31,32)/t16-,17?,20-,25-/m0/s1. The highest BCUT2D eigenvalue weighted by Crippen LogP contribution is 2.53. The first-order chi connectivity index (χ1) is 18.6.